The molecule has 0 unspecified atom stereocenters. The summed E-state index contributed by atoms with van der Waals surface area (Å²) < 4.78 is 13.2. The summed E-state index contributed by atoms with van der Waals surface area (Å²) in [5.74, 6) is -0.145. The smallest absolute Gasteiger partial charge is 0.254 e. The summed E-state index contributed by atoms with van der Waals surface area (Å²) in [4.78, 5) is 29.0. The zero-order valence-corrected chi connectivity index (χ0v) is 16.9. The van der Waals surface area contributed by atoms with Crippen LogP contribution in [0.15, 0.2) is 42.5 Å². The summed E-state index contributed by atoms with van der Waals surface area (Å²) in [7, 11) is 0. The topological polar surface area (TPSA) is 40.6 Å². The second-order valence-corrected chi connectivity index (χ2v) is 8.08. The zero-order valence-electron chi connectivity index (χ0n) is 16.9. The molecule has 152 valence electrons. The molecule has 4 rings (SSSR count). The number of amides is 2. The summed E-state index contributed by atoms with van der Waals surface area (Å²) >= 11 is 0. The Labute approximate surface area is 171 Å². The summed E-state index contributed by atoms with van der Waals surface area (Å²) in [5.41, 5.74) is 3.72. The zero-order chi connectivity index (χ0) is 20.4. The molecule has 0 atom stereocenters. The van der Waals surface area contributed by atoms with E-state index in [2.05, 4.69) is 0 Å². The summed E-state index contributed by atoms with van der Waals surface area (Å²) in [6.45, 7) is 2.89. The molecule has 1 saturated carbocycles. The second-order valence-electron chi connectivity index (χ2n) is 8.08. The summed E-state index contributed by atoms with van der Waals surface area (Å²) in [6.07, 6.45) is 5.89. The highest BCUT2D eigenvalue weighted by molar-refractivity contribution is 5.98. The maximum atomic E-state index is 13.4. The second kappa shape index (κ2) is 8.36. The molecule has 2 aliphatic rings. The van der Waals surface area contributed by atoms with E-state index in [1.54, 1.807) is 24.0 Å². The quantitative estimate of drug-likeness (QED) is 0.756. The highest BCUT2D eigenvalue weighted by atomic mass is 19.1. The lowest BCUT2D eigenvalue weighted by Crippen LogP contribution is -2.40. The highest BCUT2D eigenvalue weighted by Gasteiger charge is 2.29. The summed E-state index contributed by atoms with van der Waals surface area (Å²) in [5, 5.41) is 0. The molecule has 29 heavy (non-hydrogen) atoms. The number of anilines is 1. The minimum absolute atomic E-state index is 0.0368. The minimum atomic E-state index is -0.241. The van der Waals surface area contributed by atoms with Gasteiger partial charge in [0.05, 0.1) is 0 Å². The molecule has 1 fully saturated rings. The van der Waals surface area contributed by atoms with E-state index in [-0.39, 0.29) is 23.7 Å². The van der Waals surface area contributed by atoms with Crippen LogP contribution in [0.3, 0.4) is 0 Å². The lowest BCUT2D eigenvalue weighted by Gasteiger charge is -2.29. The van der Waals surface area contributed by atoms with Crippen LogP contribution in [0.25, 0.3) is 0 Å². The van der Waals surface area contributed by atoms with E-state index in [0.29, 0.717) is 25.1 Å². The van der Waals surface area contributed by atoms with Gasteiger partial charge in [-0.15, -0.1) is 0 Å². The van der Waals surface area contributed by atoms with Crippen LogP contribution in [0.5, 0.6) is 0 Å². The molecule has 0 bridgehead atoms. The molecule has 2 aromatic carbocycles. The fraction of sp³-hybridized carbons (Fsp3) is 0.417. The van der Waals surface area contributed by atoms with Crippen LogP contribution >= 0.6 is 0 Å². The Morgan fingerprint density at radius 2 is 1.83 bits per heavy atom. The number of fused-ring (bicyclic) bond motifs is 1. The van der Waals surface area contributed by atoms with Gasteiger partial charge in [-0.05, 0) is 67.1 Å². The maximum Gasteiger partial charge on any atom is 0.254 e. The first-order valence-electron chi connectivity index (χ1n) is 10.5. The van der Waals surface area contributed by atoms with Crippen LogP contribution < -0.4 is 4.90 Å². The van der Waals surface area contributed by atoms with Crippen LogP contribution in [-0.2, 0) is 17.6 Å². The minimum Gasteiger partial charge on any atom is -0.335 e. The van der Waals surface area contributed by atoms with Gasteiger partial charge in [0.1, 0.15) is 5.82 Å². The standard InChI is InChI=1S/C24H27FN2O2/c1-17(28)26-15-13-19-16-20(8-11-23(19)26)24(29)27(22-4-2-3-5-22)14-12-18-6-9-21(25)10-7-18/h6-11,16,22H,2-5,12-15H2,1H3. The SMILES string of the molecule is CC(=O)N1CCc2cc(C(=O)N(CCc3ccc(F)cc3)C3CCCC3)ccc21. The van der Waals surface area contributed by atoms with Crippen LogP contribution in [-0.4, -0.2) is 35.8 Å². The van der Waals surface area contributed by atoms with Crippen molar-refractivity contribution < 1.29 is 14.0 Å². The molecule has 0 aromatic heterocycles. The van der Waals surface area contributed by atoms with Gasteiger partial charge in [0.25, 0.3) is 5.91 Å². The van der Waals surface area contributed by atoms with E-state index < -0.39 is 0 Å². The van der Waals surface area contributed by atoms with Crippen molar-refractivity contribution >= 4 is 17.5 Å². The molecule has 0 saturated heterocycles. The van der Waals surface area contributed by atoms with E-state index in [0.717, 1.165) is 48.9 Å². The van der Waals surface area contributed by atoms with Crippen molar-refractivity contribution in [2.24, 2.45) is 0 Å². The van der Waals surface area contributed by atoms with Gasteiger partial charge in [0.15, 0.2) is 0 Å². The van der Waals surface area contributed by atoms with Crippen LogP contribution in [0, 0.1) is 5.82 Å². The van der Waals surface area contributed by atoms with Gasteiger partial charge in [0.2, 0.25) is 5.91 Å². The Balaban J connectivity index is 1.53. The molecule has 0 N–H and O–H groups in total. The predicted molar refractivity (Wildman–Crippen MR) is 112 cm³/mol. The number of hydrogen-bond acceptors (Lipinski definition) is 2. The third-order valence-corrected chi connectivity index (χ3v) is 6.18. The fourth-order valence-corrected chi connectivity index (χ4v) is 4.59. The van der Waals surface area contributed by atoms with Crippen LogP contribution in [0.2, 0.25) is 0 Å². The van der Waals surface area contributed by atoms with Crippen molar-refractivity contribution in [1.82, 2.24) is 4.90 Å². The predicted octanol–water partition coefficient (Wildman–Crippen LogP) is 4.36. The third-order valence-electron chi connectivity index (χ3n) is 6.18. The van der Waals surface area contributed by atoms with E-state index >= 15 is 0 Å². The van der Waals surface area contributed by atoms with E-state index in [1.165, 1.54) is 12.1 Å². The molecule has 4 nitrogen and oxygen atoms in total. The van der Waals surface area contributed by atoms with Crippen LogP contribution in [0.1, 0.15) is 54.1 Å². The van der Waals surface area contributed by atoms with E-state index in [9.17, 15) is 14.0 Å². The monoisotopic (exact) mass is 394 g/mol. The Hall–Kier alpha value is -2.69. The Bertz CT molecular complexity index is 904. The Kier molecular flexibility index (Phi) is 5.65. The first kappa shape index (κ1) is 19.6. The summed E-state index contributed by atoms with van der Waals surface area (Å²) in [6, 6.07) is 12.5. The maximum absolute atomic E-state index is 13.4. The molecule has 0 radical (unpaired) electrons. The Morgan fingerprint density at radius 3 is 2.52 bits per heavy atom. The lowest BCUT2D eigenvalue weighted by molar-refractivity contribution is -0.116. The van der Waals surface area contributed by atoms with Crippen molar-refractivity contribution in [1.29, 1.82) is 0 Å². The normalized spacial score (nSPS) is 16.1. The average Bonchev–Trinajstić information content (AvgIpc) is 3.38. The first-order valence-corrected chi connectivity index (χ1v) is 10.5. The molecule has 1 aliphatic carbocycles. The molecule has 0 spiro atoms. The fourth-order valence-electron chi connectivity index (χ4n) is 4.59. The average molecular weight is 394 g/mol. The number of carbonyl (C=O) groups excluding carboxylic acids is 2. The molecule has 2 aromatic rings. The van der Waals surface area contributed by atoms with E-state index in [1.807, 2.05) is 23.1 Å². The number of nitrogens with zero attached hydrogens (tertiary/aromatic N) is 2. The number of rotatable bonds is 5. The number of carbonyl (C=O) groups is 2. The molecular formula is C24H27FN2O2. The highest BCUT2D eigenvalue weighted by Crippen LogP contribution is 2.31. The van der Waals surface area contributed by atoms with Crippen LogP contribution in [0.4, 0.5) is 10.1 Å². The van der Waals surface area contributed by atoms with E-state index in [4.69, 9.17) is 0 Å². The molecule has 1 heterocycles. The molecule has 2 amide bonds. The van der Waals surface area contributed by atoms with Gasteiger partial charge in [-0.2, -0.15) is 0 Å². The van der Waals surface area contributed by atoms with Gasteiger partial charge in [-0.1, -0.05) is 25.0 Å². The van der Waals surface area contributed by atoms with Crippen molar-refractivity contribution in [2.75, 3.05) is 18.0 Å². The lowest BCUT2D eigenvalue weighted by atomic mass is 10.0. The van der Waals surface area contributed by atoms with Crippen molar-refractivity contribution in [3.05, 3.63) is 65.0 Å². The van der Waals surface area contributed by atoms with Crippen molar-refractivity contribution in [2.45, 2.75) is 51.5 Å². The third kappa shape index (κ3) is 4.19. The van der Waals surface area contributed by atoms with Gasteiger partial charge in [-0.25, -0.2) is 4.39 Å². The molecular weight excluding hydrogens is 367 g/mol. The van der Waals surface area contributed by atoms with Gasteiger partial charge in [-0.3, -0.25) is 9.59 Å². The van der Waals surface area contributed by atoms with Gasteiger partial charge in [0, 0.05) is 37.3 Å². The van der Waals surface area contributed by atoms with Crippen molar-refractivity contribution in [3.8, 4) is 0 Å². The van der Waals surface area contributed by atoms with Gasteiger partial charge < -0.3 is 9.80 Å². The molecule has 5 heteroatoms. The Morgan fingerprint density at radius 1 is 1.10 bits per heavy atom. The number of halogens is 1. The van der Waals surface area contributed by atoms with Crippen molar-refractivity contribution in [3.63, 3.8) is 0 Å². The molecule has 1 aliphatic heterocycles. The largest absolute Gasteiger partial charge is 0.335 e. The number of benzene rings is 2. The first-order chi connectivity index (χ1) is 14.0. The van der Waals surface area contributed by atoms with Gasteiger partial charge >= 0.3 is 0 Å². The number of hydrogen-bond donors (Lipinski definition) is 0.